The molecule has 1 aromatic heterocycles. The first-order valence-electron chi connectivity index (χ1n) is 8.90. The van der Waals surface area contributed by atoms with Gasteiger partial charge in [0.15, 0.2) is 0 Å². The standard InChI is InChI=1S/C22H15N3O6/c1-13-2-8-18(19(10-13)25(29)30)20-9-7-17(31-20)11-15(12-23)21(26)24-16-5-3-14(4-6-16)22(27)28/h2-11H,1H3,(H,24,26)(H,27,28)/b15-11+. The molecule has 0 bridgehead atoms. The summed E-state index contributed by atoms with van der Waals surface area (Å²) in [4.78, 5) is 34.1. The number of nitriles is 1. The minimum atomic E-state index is -1.10. The monoisotopic (exact) mass is 417 g/mol. The van der Waals surface area contributed by atoms with Gasteiger partial charge in [0.2, 0.25) is 0 Å². The maximum atomic E-state index is 12.4. The number of nitro groups is 1. The van der Waals surface area contributed by atoms with Gasteiger partial charge in [0.25, 0.3) is 11.6 Å². The van der Waals surface area contributed by atoms with Gasteiger partial charge in [0.05, 0.1) is 16.1 Å². The molecule has 0 aliphatic rings. The highest BCUT2D eigenvalue weighted by Gasteiger charge is 2.19. The summed E-state index contributed by atoms with van der Waals surface area (Å²) in [6, 6.07) is 14.9. The van der Waals surface area contributed by atoms with E-state index in [1.54, 1.807) is 25.1 Å². The van der Waals surface area contributed by atoms with E-state index < -0.39 is 16.8 Å². The van der Waals surface area contributed by atoms with Gasteiger partial charge >= 0.3 is 5.97 Å². The molecule has 0 aliphatic carbocycles. The van der Waals surface area contributed by atoms with Crippen LogP contribution in [0, 0.1) is 28.4 Å². The number of nitro benzene ring substituents is 1. The van der Waals surface area contributed by atoms with Gasteiger partial charge < -0.3 is 14.8 Å². The first kappa shape index (κ1) is 21.0. The average Bonchev–Trinajstić information content (AvgIpc) is 3.20. The number of aryl methyl sites for hydroxylation is 1. The summed E-state index contributed by atoms with van der Waals surface area (Å²) in [6.07, 6.45) is 1.21. The maximum absolute atomic E-state index is 12.4. The van der Waals surface area contributed by atoms with Gasteiger partial charge in [-0.15, -0.1) is 0 Å². The predicted molar refractivity (Wildman–Crippen MR) is 111 cm³/mol. The van der Waals surface area contributed by atoms with Gasteiger partial charge in [0, 0.05) is 17.8 Å². The number of hydrogen-bond acceptors (Lipinski definition) is 6. The second-order valence-corrected chi connectivity index (χ2v) is 6.49. The zero-order valence-corrected chi connectivity index (χ0v) is 16.2. The van der Waals surface area contributed by atoms with E-state index in [2.05, 4.69) is 5.32 Å². The van der Waals surface area contributed by atoms with Crippen LogP contribution in [0.2, 0.25) is 0 Å². The predicted octanol–water partition coefficient (Wildman–Crippen LogP) is 4.41. The van der Waals surface area contributed by atoms with E-state index in [9.17, 15) is 25.0 Å². The fourth-order valence-corrected chi connectivity index (χ4v) is 2.76. The van der Waals surface area contributed by atoms with Crippen LogP contribution in [0.4, 0.5) is 11.4 Å². The summed E-state index contributed by atoms with van der Waals surface area (Å²) in [5.41, 5.74) is 0.988. The molecule has 0 fully saturated rings. The normalized spacial score (nSPS) is 10.9. The van der Waals surface area contributed by atoms with Crippen LogP contribution in [0.3, 0.4) is 0 Å². The molecule has 154 valence electrons. The van der Waals surface area contributed by atoms with Crippen molar-refractivity contribution in [2.24, 2.45) is 0 Å². The largest absolute Gasteiger partial charge is 0.478 e. The molecular weight excluding hydrogens is 402 g/mol. The van der Waals surface area contributed by atoms with Crippen LogP contribution in [-0.2, 0) is 4.79 Å². The summed E-state index contributed by atoms with van der Waals surface area (Å²) < 4.78 is 5.60. The summed E-state index contributed by atoms with van der Waals surface area (Å²) in [6.45, 7) is 1.74. The van der Waals surface area contributed by atoms with Gasteiger partial charge in [-0.1, -0.05) is 6.07 Å². The third-order valence-corrected chi connectivity index (χ3v) is 4.28. The molecule has 0 unspecified atom stereocenters. The quantitative estimate of drug-likeness (QED) is 0.261. The van der Waals surface area contributed by atoms with Crippen LogP contribution >= 0.6 is 0 Å². The molecule has 0 spiro atoms. The maximum Gasteiger partial charge on any atom is 0.335 e. The van der Waals surface area contributed by atoms with Gasteiger partial charge in [-0.05, 0) is 55.0 Å². The fraction of sp³-hybridized carbons (Fsp3) is 0.0455. The van der Waals surface area contributed by atoms with Crippen molar-refractivity contribution < 1.29 is 24.0 Å². The van der Waals surface area contributed by atoms with E-state index in [1.165, 1.54) is 48.5 Å². The van der Waals surface area contributed by atoms with Crippen molar-refractivity contribution in [2.75, 3.05) is 5.32 Å². The van der Waals surface area contributed by atoms with E-state index in [1.807, 2.05) is 0 Å². The highest BCUT2D eigenvalue weighted by atomic mass is 16.6. The zero-order chi connectivity index (χ0) is 22.5. The number of carbonyl (C=O) groups is 2. The molecule has 1 amide bonds. The molecule has 9 nitrogen and oxygen atoms in total. The summed E-state index contributed by atoms with van der Waals surface area (Å²) in [5, 5.41) is 32.1. The second kappa shape index (κ2) is 8.75. The highest BCUT2D eigenvalue weighted by Crippen LogP contribution is 2.32. The first-order chi connectivity index (χ1) is 14.8. The Morgan fingerprint density at radius 1 is 1.16 bits per heavy atom. The van der Waals surface area contributed by atoms with Crippen LogP contribution in [0.1, 0.15) is 21.7 Å². The molecule has 9 heteroatoms. The Bertz CT molecular complexity index is 1250. The number of aromatic carboxylic acids is 1. The third kappa shape index (κ3) is 4.83. The lowest BCUT2D eigenvalue weighted by Crippen LogP contribution is -2.13. The van der Waals surface area contributed by atoms with Crippen molar-refractivity contribution in [3.05, 3.63) is 87.2 Å². The molecule has 0 saturated heterocycles. The SMILES string of the molecule is Cc1ccc(-c2ccc(/C=C(\C#N)C(=O)Nc3ccc(C(=O)O)cc3)o2)c([N+](=O)[O-])c1. The van der Waals surface area contributed by atoms with Gasteiger partial charge in [-0.3, -0.25) is 14.9 Å². The minimum absolute atomic E-state index is 0.0577. The number of rotatable bonds is 6. The molecule has 3 aromatic rings. The third-order valence-electron chi connectivity index (χ3n) is 4.28. The molecule has 3 rings (SSSR count). The summed E-state index contributed by atoms with van der Waals surface area (Å²) in [5.74, 6) is -1.43. The number of amides is 1. The topological polar surface area (TPSA) is 146 Å². The lowest BCUT2D eigenvalue weighted by atomic mass is 10.1. The Balaban J connectivity index is 1.83. The number of nitrogens with one attached hydrogen (secondary N) is 1. The number of carbonyl (C=O) groups excluding carboxylic acids is 1. The van der Waals surface area contributed by atoms with Gasteiger partial charge in [-0.2, -0.15) is 5.26 Å². The number of nitrogens with zero attached hydrogens (tertiary/aromatic N) is 2. The van der Waals surface area contributed by atoms with Crippen molar-refractivity contribution in [1.82, 2.24) is 0 Å². The number of furan rings is 1. The van der Waals surface area contributed by atoms with E-state index in [-0.39, 0.29) is 33.9 Å². The van der Waals surface area contributed by atoms with Crippen LogP contribution < -0.4 is 5.32 Å². The molecule has 1 heterocycles. The van der Waals surface area contributed by atoms with E-state index >= 15 is 0 Å². The highest BCUT2D eigenvalue weighted by molar-refractivity contribution is 6.09. The molecule has 0 atom stereocenters. The first-order valence-corrected chi connectivity index (χ1v) is 8.90. The van der Waals surface area contributed by atoms with Crippen molar-refractivity contribution >= 4 is 29.3 Å². The van der Waals surface area contributed by atoms with E-state index in [0.717, 1.165) is 5.56 Å². The van der Waals surface area contributed by atoms with Crippen LogP contribution in [0.5, 0.6) is 0 Å². The average molecular weight is 417 g/mol. The van der Waals surface area contributed by atoms with Crippen LogP contribution in [-0.4, -0.2) is 21.9 Å². The Labute approximate surface area is 176 Å². The smallest absolute Gasteiger partial charge is 0.335 e. The number of carboxylic acid groups (broad SMARTS) is 1. The minimum Gasteiger partial charge on any atom is -0.478 e. The van der Waals surface area contributed by atoms with Crippen molar-refractivity contribution in [3.8, 4) is 17.4 Å². The Hall–Kier alpha value is -4.71. The lowest BCUT2D eigenvalue weighted by Gasteiger charge is -2.04. The van der Waals surface area contributed by atoms with Crippen molar-refractivity contribution in [1.29, 1.82) is 5.26 Å². The molecule has 0 aliphatic heterocycles. The number of anilines is 1. The number of carboxylic acids is 1. The van der Waals surface area contributed by atoms with Gasteiger partial charge in [0.1, 0.15) is 23.2 Å². The van der Waals surface area contributed by atoms with Crippen molar-refractivity contribution in [2.45, 2.75) is 6.92 Å². The molecular formula is C22H15N3O6. The van der Waals surface area contributed by atoms with Crippen LogP contribution in [0.15, 0.2) is 64.6 Å². The molecule has 0 radical (unpaired) electrons. The molecule has 2 aromatic carbocycles. The molecule has 0 saturated carbocycles. The van der Waals surface area contributed by atoms with Crippen molar-refractivity contribution in [3.63, 3.8) is 0 Å². The fourth-order valence-electron chi connectivity index (χ4n) is 2.76. The van der Waals surface area contributed by atoms with E-state index in [4.69, 9.17) is 9.52 Å². The zero-order valence-electron chi connectivity index (χ0n) is 16.2. The Morgan fingerprint density at radius 2 is 1.87 bits per heavy atom. The summed E-state index contributed by atoms with van der Waals surface area (Å²) in [7, 11) is 0. The molecule has 31 heavy (non-hydrogen) atoms. The number of benzene rings is 2. The Kier molecular flexibility index (Phi) is 5.93. The Morgan fingerprint density at radius 3 is 2.48 bits per heavy atom. The van der Waals surface area contributed by atoms with Crippen LogP contribution in [0.25, 0.3) is 17.4 Å². The lowest BCUT2D eigenvalue weighted by molar-refractivity contribution is -0.384. The van der Waals surface area contributed by atoms with Gasteiger partial charge in [-0.25, -0.2) is 4.79 Å². The number of hydrogen-bond donors (Lipinski definition) is 2. The second-order valence-electron chi connectivity index (χ2n) is 6.49. The van der Waals surface area contributed by atoms with E-state index in [0.29, 0.717) is 5.69 Å². The molecule has 2 N–H and O–H groups in total. The summed E-state index contributed by atoms with van der Waals surface area (Å²) >= 11 is 0.